The number of fused-ring (bicyclic) bond motifs is 1. The van der Waals surface area contributed by atoms with Crippen LogP contribution in [0.15, 0.2) is 11.7 Å². The van der Waals surface area contributed by atoms with Gasteiger partial charge in [-0.2, -0.15) is 0 Å². The number of aromatic nitrogens is 2. The summed E-state index contributed by atoms with van der Waals surface area (Å²) in [6, 6.07) is 0. The average molecular weight is 208 g/mol. The lowest BCUT2D eigenvalue weighted by molar-refractivity contribution is 1.09. The average Bonchev–Trinajstić information content (AvgIpc) is 2.51. The van der Waals surface area contributed by atoms with Crippen LogP contribution in [0, 0.1) is 13.8 Å². The molecule has 0 unspecified atom stereocenters. The number of nitrogens with zero attached hydrogens (tertiary/aromatic N) is 2. The monoisotopic (exact) mass is 208 g/mol. The van der Waals surface area contributed by atoms with Gasteiger partial charge in [0.25, 0.3) is 0 Å². The van der Waals surface area contributed by atoms with Crippen molar-refractivity contribution >= 4 is 21.6 Å². The minimum atomic E-state index is 1.08. The summed E-state index contributed by atoms with van der Waals surface area (Å²) in [7, 11) is 0. The molecule has 0 atom stereocenters. The molecule has 0 bridgehead atoms. The third-order valence-corrected chi connectivity index (χ3v) is 2.75. The van der Waals surface area contributed by atoms with Gasteiger partial charge in [0, 0.05) is 11.1 Å². The quantitative estimate of drug-likeness (QED) is 0.659. The van der Waals surface area contributed by atoms with Crippen LogP contribution in [-0.4, -0.2) is 9.97 Å². The van der Waals surface area contributed by atoms with Gasteiger partial charge in [0.1, 0.15) is 11.2 Å². The van der Waals surface area contributed by atoms with E-state index in [9.17, 15) is 0 Å². The van der Waals surface area contributed by atoms with E-state index in [0.717, 1.165) is 10.5 Å². The van der Waals surface area contributed by atoms with E-state index in [0.29, 0.717) is 0 Å². The van der Waals surface area contributed by atoms with Crippen molar-refractivity contribution in [2.24, 2.45) is 0 Å². The number of thiophene rings is 1. The molecule has 2 nitrogen and oxygen atoms in total. The highest BCUT2D eigenvalue weighted by Crippen LogP contribution is 2.24. The fourth-order valence-corrected chi connectivity index (χ4v) is 2.14. The van der Waals surface area contributed by atoms with E-state index in [1.807, 2.05) is 6.92 Å². The van der Waals surface area contributed by atoms with Crippen molar-refractivity contribution in [3.8, 4) is 0 Å². The summed E-state index contributed by atoms with van der Waals surface area (Å²) in [5.74, 6) is 0. The first-order valence-corrected chi connectivity index (χ1v) is 5.74. The van der Waals surface area contributed by atoms with Crippen molar-refractivity contribution in [3.63, 3.8) is 0 Å². The van der Waals surface area contributed by atoms with Crippen molar-refractivity contribution in [2.45, 2.75) is 34.1 Å². The maximum absolute atomic E-state index is 4.17. The molecule has 2 aromatic rings. The number of hydrogen-bond acceptors (Lipinski definition) is 3. The van der Waals surface area contributed by atoms with Crippen LogP contribution in [0.4, 0.5) is 0 Å². The Balaban J connectivity index is 0.000000293. The minimum Gasteiger partial charge on any atom is -0.241 e. The summed E-state index contributed by atoms with van der Waals surface area (Å²) in [6.45, 7) is 8.36. The van der Waals surface area contributed by atoms with E-state index in [2.05, 4.69) is 36.1 Å². The summed E-state index contributed by atoms with van der Waals surface area (Å²) in [5.41, 5.74) is 2.36. The largest absolute Gasteiger partial charge is 0.241 e. The molecule has 0 fully saturated rings. The second-order valence-electron chi connectivity index (χ2n) is 3.27. The van der Waals surface area contributed by atoms with Crippen molar-refractivity contribution in [2.75, 3.05) is 0 Å². The van der Waals surface area contributed by atoms with Crippen molar-refractivity contribution in [3.05, 3.63) is 23.0 Å². The van der Waals surface area contributed by atoms with E-state index in [1.165, 1.54) is 17.4 Å². The zero-order chi connectivity index (χ0) is 10.6. The molecule has 0 radical (unpaired) electrons. The van der Waals surface area contributed by atoms with Gasteiger partial charge in [-0.1, -0.05) is 20.3 Å². The van der Waals surface area contributed by atoms with Crippen LogP contribution in [0.2, 0.25) is 0 Å². The van der Waals surface area contributed by atoms with Gasteiger partial charge in [-0.25, -0.2) is 9.97 Å². The first-order valence-electron chi connectivity index (χ1n) is 4.86. The maximum Gasteiger partial charge on any atom is 0.127 e. The molecular weight excluding hydrogens is 192 g/mol. The molecule has 0 N–H and O–H groups in total. The molecule has 14 heavy (non-hydrogen) atoms. The fourth-order valence-electron chi connectivity index (χ4n) is 1.20. The summed E-state index contributed by atoms with van der Waals surface area (Å²) in [4.78, 5) is 9.40. The van der Waals surface area contributed by atoms with Crippen LogP contribution in [0.1, 0.15) is 31.5 Å². The zero-order valence-electron chi connectivity index (χ0n) is 9.16. The Bertz CT molecular complexity index is 407. The third-order valence-electron chi connectivity index (χ3n) is 1.74. The summed E-state index contributed by atoms with van der Waals surface area (Å²) in [6.07, 6.45) is 2.87. The van der Waals surface area contributed by atoms with Crippen molar-refractivity contribution in [1.82, 2.24) is 9.97 Å². The third kappa shape index (κ3) is 2.29. The van der Waals surface area contributed by atoms with Crippen molar-refractivity contribution < 1.29 is 0 Å². The van der Waals surface area contributed by atoms with Crippen molar-refractivity contribution in [1.29, 1.82) is 0 Å². The van der Waals surface area contributed by atoms with Gasteiger partial charge in [-0.15, -0.1) is 11.3 Å². The van der Waals surface area contributed by atoms with E-state index >= 15 is 0 Å². The Labute approximate surface area is 89.0 Å². The van der Waals surface area contributed by atoms with Crippen LogP contribution in [0.25, 0.3) is 10.2 Å². The highest BCUT2D eigenvalue weighted by atomic mass is 32.1. The maximum atomic E-state index is 4.17. The molecule has 2 heterocycles. The van der Waals surface area contributed by atoms with Crippen LogP contribution in [-0.2, 0) is 0 Å². The van der Waals surface area contributed by atoms with Crippen LogP contribution in [0.3, 0.4) is 0 Å². The van der Waals surface area contributed by atoms with Crippen LogP contribution >= 0.6 is 11.3 Å². The van der Waals surface area contributed by atoms with Gasteiger partial charge in [0.05, 0.1) is 0 Å². The highest BCUT2D eigenvalue weighted by Gasteiger charge is 2.03. The summed E-state index contributed by atoms with van der Waals surface area (Å²) < 4.78 is 0. The second kappa shape index (κ2) is 5.05. The van der Waals surface area contributed by atoms with E-state index in [1.54, 1.807) is 17.7 Å². The predicted molar refractivity (Wildman–Crippen MR) is 62.9 cm³/mol. The minimum absolute atomic E-state index is 1.08. The first kappa shape index (κ1) is 11.1. The number of hydrogen-bond donors (Lipinski definition) is 0. The van der Waals surface area contributed by atoms with E-state index < -0.39 is 0 Å². The van der Waals surface area contributed by atoms with Gasteiger partial charge in [-0.05, 0) is 24.8 Å². The Morgan fingerprint density at radius 3 is 2.43 bits per heavy atom. The molecule has 0 saturated carbocycles. The van der Waals surface area contributed by atoms with E-state index in [4.69, 9.17) is 0 Å². The number of aryl methyl sites for hydroxylation is 2. The smallest absolute Gasteiger partial charge is 0.127 e. The predicted octanol–water partition coefficient (Wildman–Crippen LogP) is 3.72. The van der Waals surface area contributed by atoms with Gasteiger partial charge in [-0.3, -0.25) is 0 Å². The van der Waals surface area contributed by atoms with Gasteiger partial charge in [0.2, 0.25) is 0 Å². The lowest BCUT2D eigenvalue weighted by Crippen LogP contribution is -1.83. The standard InChI is InChI=1S/C8H8N2S.C3H8/c1-5-3-11-8-7(5)6(2)9-4-10-8;1-3-2/h3-4H,1-2H3;3H2,1-2H3. The molecule has 76 valence electrons. The summed E-state index contributed by atoms with van der Waals surface area (Å²) >= 11 is 1.68. The molecule has 0 amide bonds. The Morgan fingerprint density at radius 2 is 1.86 bits per heavy atom. The normalized spacial score (nSPS) is 9.71. The Hall–Kier alpha value is -0.960. The molecule has 0 saturated heterocycles. The Morgan fingerprint density at radius 1 is 1.21 bits per heavy atom. The number of rotatable bonds is 0. The van der Waals surface area contributed by atoms with Crippen LogP contribution in [0.5, 0.6) is 0 Å². The second-order valence-corrected chi connectivity index (χ2v) is 4.12. The topological polar surface area (TPSA) is 25.8 Å². The SMILES string of the molecule is CCC.Cc1csc2ncnc(C)c12. The van der Waals surface area contributed by atoms with Gasteiger partial charge >= 0.3 is 0 Å². The summed E-state index contributed by atoms with van der Waals surface area (Å²) in [5, 5.41) is 3.34. The molecule has 2 aromatic heterocycles. The molecule has 3 heteroatoms. The molecule has 0 aliphatic carbocycles. The zero-order valence-corrected chi connectivity index (χ0v) is 9.98. The van der Waals surface area contributed by atoms with Gasteiger partial charge < -0.3 is 0 Å². The first-order chi connectivity index (χ1) is 6.70. The van der Waals surface area contributed by atoms with Crippen LogP contribution < -0.4 is 0 Å². The molecular formula is C11H16N2S. The molecule has 0 spiro atoms. The highest BCUT2D eigenvalue weighted by molar-refractivity contribution is 7.16. The molecule has 2 rings (SSSR count). The van der Waals surface area contributed by atoms with E-state index in [-0.39, 0.29) is 0 Å². The molecule has 0 aromatic carbocycles. The lowest BCUT2D eigenvalue weighted by atomic mass is 10.2. The lowest BCUT2D eigenvalue weighted by Gasteiger charge is -1.93. The fraction of sp³-hybridized carbons (Fsp3) is 0.455. The molecule has 0 aliphatic rings. The van der Waals surface area contributed by atoms with Gasteiger partial charge in [0.15, 0.2) is 0 Å². The Kier molecular flexibility index (Phi) is 4.01. The molecule has 0 aliphatic heterocycles.